The van der Waals surface area contributed by atoms with Gasteiger partial charge in [-0.2, -0.15) is 0 Å². The van der Waals surface area contributed by atoms with Gasteiger partial charge in [-0.05, 0) is 19.3 Å². The Morgan fingerprint density at radius 3 is 2.20 bits per heavy atom. The lowest BCUT2D eigenvalue weighted by Crippen LogP contribution is -2.29. The number of carboxylic acids is 1. The zero-order valence-electron chi connectivity index (χ0n) is 8.26. The molecule has 0 aliphatic heterocycles. The highest BCUT2D eigenvalue weighted by Crippen LogP contribution is 1.99. The van der Waals surface area contributed by atoms with Crippen LogP contribution in [0.15, 0.2) is 4.99 Å². The van der Waals surface area contributed by atoms with Gasteiger partial charge in [-0.3, -0.25) is 9.79 Å². The Kier molecular flexibility index (Phi) is 15.0. The topological polar surface area (TPSA) is 128 Å². The SMILES string of the molecule is Cl.Cl.NC(N)=NCCCC[C@H](N)C(=O)O. The zero-order valence-corrected chi connectivity index (χ0v) is 9.89. The molecule has 0 aromatic carbocycles. The Hall–Kier alpha value is -0.720. The number of nitrogens with zero attached hydrogens (tertiary/aromatic N) is 1. The van der Waals surface area contributed by atoms with Crippen LogP contribution in [0, 0.1) is 0 Å². The highest BCUT2D eigenvalue weighted by molar-refractivity contribution is 5.85. The summed E-state index contributed by atoms with van der Waals surface area (Å²) in [5.41, 5.74) is 15.5. The van der Waals surface area contributed by atoms with Crippen LogP contribution in [-0.4, -0.2) is 29.6 Å². The average molecular weight is 261 g/mol. The summed E-state index contributed by atoms with van der Waals surface area (Å²) < 4.78 is 0. The summed E-state index contributed by atoms with van der Waals surface area (Å²) in [6.07, 6.45) is 1.92. The lowest BCUT2D eigenvalue weighted by atomic mass is 10.1. The summed E-state index contributed by atoms with van der Waals surface area (Å²) in [5, 5.41) is 8.43. The van der Waals surface area contributed by atoms with Gasteiger partial charge in [-0.15, -0.1) is 24.8 Å². The molecular formula is C7H18Cl2N4O2. The first-order valence-corrected chi connectivity index (χ1v) is 4.08. The Morgan fingerprint density at radius 2 is 1.80 bits per heavy atom. The van der Waals surface area contributed by atoms with Crippen molar-refractivity contribution >= 4 is 36.7 Å². The van der Waals surface area contributed by atoms with Gasteiger partial charge in [-0.1, -0.05) is 0 Å². The fourth-order valence-corrected chi connectivity index (χ4v) is 0.808. The van der Waals surface area contributed by atoms with Gasteiger partial charge in [0.25, 0.3) is 0 Å². The number of aliphatic carboxylic acids is 1. The number of aliphatic imine (C=N–C) groups is 1. The Balaban J connectivity index is -0.000000720. The highest BCUT2D eigenvalue weighted by atomic mass is 35.5. The van der Waals surface area contributed by atoms with Crippen molar-refractivity contribution in [1.29, 1.82) is 0 Å². The van der Waals surface area contributed by atoms with Crippen molar-refractivity contribution < 1.29 is 9.90 Å². The molecule has 8 heteroatoms. The molecule has 0 heterocycles. The Morgan fingerprint density at radius 1 is 1.27 bits per heavy atom. The molecule has 0 spiro atoms. The minimum atomic E-state index is -0.971. The highest BCUT2D eigenvalue weighted by Gasteiger charge is 2.09. The minimum Gasteiger partial charge on any atom is -0.480 e. The van der Waals surface area contributed by atoms with E-state index in [1.165, 1.54) is 0 Å². The first kappa shape index (κ1) is 19.8. The molecule has 15 heavy (non-hydrogen) atoms. The fourth-order valence-electron chi connectivity index (χ4n) is 0.808. The number of hydrogen-bond acceptors (Lipinski definition) is 3. The van der Waals surface area contributed by atoms with Crippen LogP contribution in [0.25, 0.3) is 0 Å². The fraction of sp³-hybridized carbons (Fsp3) is 0.714. The third kappa shape index (κ3) is 13.3. The maximum atomic E-state index is 10.3. The van der Waals surface area contributed by atoms with Crippen molar-refractivity contribution in [2.45, 2.75) is 25.3 Å². The molecule has 0 amide bonds. The molecule has 1 atom stereocenters. The Labute approximate surface area is 101 Å². The Bertz CT molecular complexity index is 197. The summed E-state index contributed by atoms with van der Waals surface area (Å²) in [6.45, 7) is 0.522. The van der Waals surface area contributed by atoms with Crippen molar-refractivity contribution in [2.24, 2.45) is 22.2 Å². The molecule has 0 aromatic rings. The maximum Gasteiger partial charge on any atom is 0.320 e. The number of hydrogen-bond donors (Lipinski definition) is 4. The van der Waals surface area contributed by atoms with E-state index in [2.05, 4.69) is 4.99 Å². The normalized spacial score (nSPS) is 10.5. The summed E-state index contributed by atoms with van der Waals surface area (Å²) >= 11 is 0. The second kappa shape index (κ2) is 11.4. The van der Waals surface area contributed by atoms with Crippen LogP contribution >= 0.6 is 24.8 Å². The van der Waals surface area contributed by atoms with Gasteiger partial charge in [0.05, 0.1) is 0 Å². The van der Waals surface area contributed by atoms with E-state index in [0.29, 0.717) is 19.4 Å². The summed E-state index contributed by atoms with van der Waals surface area (Å²) in [6, 6.07) is -0.779. The van der Waals surface area contributed by atoms with E-state index in [9.17, 15) is 4.79 Å². The first-order chi connectivity index (χ1) is 6.04. The van der Waals surface area contributed by atoms with Gasteiger partial charge < -0.3 is 22.3 Å². The largest absolute Gasteiger partial charge is 0.480 e. The van der Waals surface area contributed by atoms with Gasteiger partial charge in [0, 0.05) is 6.54 Å². The monoisotopic (exact) mass is 260 g/mol. The third-order valence-electron chi connectivity index (χ3n) is 1.53. The predicted octanol–water partition coefficient (Wildman–Crippen LogP) is -0.314. The van der Waals surface area contributed by atoms with Gasteiger partial charge in [-0.25, -0.2) is 0 Å². The summed E-state index contributed by atoms with van der Waals surface area (Å²) in [4.78, 5) is 14.0. The molecule has 6 nitrogen and oxygen atoms in total. The zero-order chi connectivity index (χ0) is 10.3. The molecule has 0 aromatic heterocycles. The standard InChI is InChI=1S/C7H16N4O2.2ClH/c8-5(6(12)13)3-1-2-4-11-7(9)10;;/h5H,1-4,8H2,(H,12,13)(H4,9,10,11);2*1H/t5-;;/m0../s1. The molecule has 92 valence electrons. The van der Waals surface area contributed by atoms with Crippen LogP contribution in [0.5, 0.6) is 0 Å². The number of carbonyl (C=O) groups is 1. The maximum absolute atomic E-state index is 10.3. The molecule has 0 bridgehead atoms. The van der Waals surface area contributed by atoms with E-state index in [4.69, 9.17) is 22.3 Å². The van der Waals surface area contributed by atoms with E-state index in [1.807, 2.05) is 0 Å². The lowest BCUT2D eigenvalue weighted by molar-refractivity contribution is -0.138. The molecule has 0 unspecified atom stereocenters. The van der Waals surface area contributed by atoms with E-state index in [-0.39, 0.29) is 30.8 Å². The number of carboxylic acid groups (broad SMARTS) is 1. The number of rotatable bonds is 6. The van der Waals surface area contributed by atoms with E-state index in [0.717, 1.165) is 6.42 Å². The summed E-state index contributed by atoms with van der Waals surface area (Å²) in [7, 11) is 0. The van der Waals surface area contributed by atoms with Crippen LogP contribution in [0.4, 0.5) is 0 Å². The molecule has 0 fully saturated rings. The van der Waals surface area contributed by atoms with Gasteiger partial charge >= 0.3 is 5.97 Å². The van der Waals surface area contributed by atoms with E-state index in [1.54, 1.807) is 0 Å². The number of nitrogens with two attached hydrogens (primary N) is 3. The minimum absolute atomic E-state index is 0. The van der Waals surface area contributed by atoms with Crippen molar-refractivity contribution in [2.75, 3.05) is 6.54 Å². The lowest BCUT2D eigenvalue weighted by Gasteiger charge is -2.04. The molecule has 7 N–H and O–H groups in total. The van der Waals surface area contributed by atoms with E-state index >= 15 is 0 Å². The van der Waals surface area contributed by atoms with Gasteiger partial charge in [0.1, 0.15) is 6.04 Å². The molecule has 0 radical (unpaired) electrons. The number of guanidine groups is 1. The smallest absolute Gasteiger partial charge is 0.320 e. The summed E-state index contributed by atoms with van der Waals surface area (Å²) in [5.74, 6) is -0.913. The molecule has 0 saturated carbocycles. The quantitative estimate of drug-likeness (QED) is 0.296. The average Bonchev–Trinajstić information content (AvgIpc) is 2.02. The van der Waals surface area contributed by atoms with Crippen molar-refractivity contribution in [3.63, 3.8) is 0 Å². The van der Waals surface area contributed by atoms with Crippen molar-refractivity contribution in [3.8, 4) is 0 Å². The molecule has 0 rings (SSSR count). The van der Waals surface area contributed by atoms with Crippen LogP contribution in [-0.2, 0) is 4.79 Å². The van der Waals surface area contributed by atoms with Crippen molar-refractivity contribution in [3.05, 3.63) is 0 Å². The van der Waals surface area contributed by atoms with Crippen LogP contribution < -0.4 is 17.2 Å². The van der Waals surface area contributed by atoms with Crippen LogP contribution in [0.2, 0.25) is 0 Å². The predicted molar refractivity (Wildman–Crippen MR) is 64.6 cm³/mol. The molecule has 0 aliphatic carbocycles. The first-order valence-electron chi connectivity index (χ1n) is 4.08. The number of halogens is 2. The van der Waals surface area contributed by atoms with E-state index < -0.39 is 12.0 Å². The second-order valence-electron chi connectivity index (χ2n) is 2.75. The molecular weight excluding hydrogens is 243 g/mol. The second-order valence-corrected chi connectivity index (χ2v) is 2.75. The molecule has 0 saturated heterocycles. The number of unbranched alkanes of at least 4 members (excludes halogenated alkanes) is 1. The van der Waals surface area contributed by atoms with Crippen LogP contribution in [0.3, 0.4) is 0 Å². The van der Waals surface area contributed by atoms with Crippen molar-refractivity contribution in [1.82, 2.24) is 0 Å². The van der Waals surface area contributed by atoms with Crippen LogP contribution in [0.1, 0.15) is 19.3 Å². The van der Waals surface area contributed by atoms with Gasteiger partial charge in [0.15, 0.2) is 5.96 Å². The molecule has 0 aliphatic rings. The third-order valence-corrected chi connectivity index (χ3v) is 1.53. The van der Waals surface area contributed by atoms with Gasteiger partial charge in [0.2, 0.25) is 0 Å².